The first kappa shape index (κ1) is 12.8. The minimum atomic E-state index is -0.912. The zero-order chi connectivity index (χ0) is 12.1. The third-order valence-corrected chi connectivity index (χ3v) is 2.58. The summed E-state index contributed by atoms with van der Waals surface area (Å²) in [6.45, 7) is 0.0883. The second kappa shape index (κ2) is 5.72. The average molecular weight is 244 g/mol. The van der Waals surface area contributed by atoms with Gasteiger partial charge in [-0.15, -0.1) is 0 Å². The van der Waals surface area contributed by atoms with Crippen molar-refractivity contribution < 1.29 is 14.6 Å². The van der Waals surface area contributed by atoms with Gasteiger partial charge in [0.2, 0.25) is 0 Å². The lowest BCUT2D eigenvalue weighted by molar-refractivity contribution is -0.141. The number of methoxy groups -OCH3 is 1. The molecule has 0 spiro atoms. The van der Waals surface area contributed by atoms with Crippen LogP contribution in [0.4, 0.5) is 0 Å². The molecule has 0 aliphatic heterocycles. The molecule has 0 saturated carbocycles. The molecule has 0 aliphatic carbocycles. The van der Waals surface area contributed by atoms with E-state index in [1.807, 2.05) is 0 Å². The van der Waals surface area contributed by atoms with Gasteiger partial charge in [0.15, 0.2) is 0 Å². The Morgan fingerprint density at radius 3 is 2.81 bits per heavy atom. The fourth-order valence-electron chi connectivity index (χ4n) is 1.44. The highest BCUT2D eigenvalue weighted by molar-refractivity contribution is 6.30. The molecule has 0 amide bonds. The Bertz CT molecular complexity index is 381. The minimum absolute atomic E-state index is 0.0883. The van der Waals surface area contributed by atoms with Crippen LogP contribution >= 0.6 is 11.6 Å². The number of carboxylic acid groups (broad SMARTS) is 1. The number of rotatable bonds is 5. The van der Waals surface area contributed by atoms with E-state index in [1.165, 1.54) is 7.11 Å². The highest BCUT2D eigenvalue weighted by atomic mass is 35.5. The SMILES string of the molecule is COc1ccc(Cl)cc1CC(CN)C(=O)O. The van der Waals surface area contributed by atoms with Crippen LogP contribution < -0.4 is 10.5 Å². The van der Waals surface area contributed by atoms with Crippen LogP contribution in [0.1, 0.15) is 5.56 Å². The number of benzene rings is 1. The van der Waals surface area contributed by atoms with Crippen LogP contribution in [0.15, 0.2) is 18.2 Å². The number of hydrogen-bond acceptors (Lipinski definition) is 3. The Labute approximate surface area is 99.0 Å². The molecule has 0 heterocycles. The van der Waals surface area contributed by atoms with E-state index in [2.05, 4.69) is 0 Å². The second-order valence-corrected chi connectivity index (χ2v) is 3.87. The first-order valence-electron chi connectivity index (χ1n) is 4.83. The Balaban J connectivity index is 2.93. The fraction of sp³-hybridized carbons (Fsp3) is 0.364. The van der Waals surface area contributed by atoms with Crippen LogP contribution in [0, 0.1) is 5.92 Å². The summed E-state index contributed by atoms with van der Waals surface area (Å²) in [5.41, 5.74) is 6.15. The third-order valence-electron chi connectivity index (χ3n) is 2.34. The van der Waals surface area contributed by atoms with Gasteiger partial charge in [-0.3, -0.25) is 4.79 Å². The summed E-state index contributed by atoms with van der Waals surface area (Å²) in [7, 11) is 1.53. The minimum Gasteiger partial charge on any atom is -0.496 e. The van der Waals surface area contributed by atoms with Gasteiger partial charge >= 0.3 is 5.97 Å². The van der Waals surface area contributed by atoms with Gasteiger partial charge in [-0.2, -0.15) is 0 Å². The predicted molar refractivity (Wildman–Crippen MR) is 61.9 cm³/mol. The van der Waals surface area contributed by atoms with Crippen LogP contribution in [-0.4, -0.2) is 24.7 Å². The Morgan fingerprint density at radius 2 is 2.31 bits per heavy atom. The van der Waals surface area contributed by atoms with Crippen molar-refractivity contribution in [3.8, 4) is 5.75 Å². The molecule has 0 aromatic heterocycles. The summed E-state index contributed by atoms with van der Waals surface area (Å²) in [6.07, 6.45) is 0.315. The molecule has 1 unspecified atom stereocenters. The molecular weight excluding hydrogens is 230 g/mol. The van der Waals surface area contributed by atoms with Crippen LogP contribution in [0.25, 0.3) is 0 Å². The number of carboxylic acids is 1. The molecule has 0 fully saturated rings. The molecular formula is C11H14ClNO3. The van der Waals surface area contributed by atoms with E-state index in [-0.39, 0.29) is 6.54 Å². The zero-order valence-electron chi connectivity index (χ0n) is 8.94. The standard InChI is InChI=1S/C11H14ClNO3/c1-16-10-3-2-9(12)5-7(10)4-8(6-13)11(14)15/h2-3,5,8H,4,6,13H2,1H3,(H,14,15). The lowest BCUT2D eigenvalue weighted by atomic mass is 9.99. The number of aliphatic carboxylic acids is 1. The summed E-state index contributed by atoms with van der Waals surface area (Å²) >= 11 is 5.85. The maximum absolute atomic E-state index is 10.9. The Hall–Kier alpha value is -1.26. The van der Waals surface area contributed by atoms with E-state index in [0.29, 0.717) is 17.2 Å². The van der Waals surface area contributed by atoms with Gasteiger partial charge in [0.1, 0.15) is 5.75 Å². The van der Waals surface area contributed by atoms with Gasteiger partial charge in [-0.1, -0.05) is 11.6 Å². The molecule has 1 aromatic carbocycles. The highest BCUT2D eigenvalue weighted by Crippen LogP contribution is 2.25. The van der Waals surface area contributed by atoms with Crippen molar-refractivity contribution in [2.75, 3.05) is 13.7 Å². The monoisotopic (exact) mass is 243 g/mol. The molecule has 5 heteroatoms. The Morgan fingerprint density at radius 1 is 1.62 bits per heavy atom. The highest BCUT2D eigenvalue weighted by Gasteiger charge is 2.18. The largest absolute Gasteiger partial charge is 0.496 e. The first-order valence-corrected chi connectivity index (χ1v) is 5.21. The Kier molecular flexibility index (Phi) is 4.58. The van der Waals surface area contributed by atoms with Gasteiger partial charge < -0.3 is 15.6 Å². The molecule has 1 aromatic rings. The smallest absolute Gasteiger partial charge is 0.308 e. The lowest BCUT2D eigenvalue weighted by Gasteiger charge is -2.13. The number of nitrogens with two attached hydrogens (primary N) is 1. The van der Waals surface area contributed by atoms with E-state index < -0.39 is 11.9 Å². The quantitative estimate of drug-likeness (QED) is 0.823. The maximum atomic E-state index is 10.9. The van der Waals surface area contributed by atoms with Crippen molar-refractivity contribution in [1.29, 1.82) is 0 Å². The summed E-state index contributed by atoms with van der Waals surface area (Å²) in [6, 6.07) is 5.11. The van der Waals surface area contributed by atoms with Gasteiger partial charge in [0.05, 0.1) is 13.0 Å². The molecule has 0 bridgehead atoms. The van der Waals surface area contributed by atoms with Crippen molar-refractivity contribution in [3.05, 3.63) is 28.8 Å². The summed E-state index contributed by atoms with van der Waals surface area (Å²) < 4.78 is 5.13. The predicted octanol–water partition coefficient (Wildman–Crippen LogP) is 1.55. The van der Waals surface area contributed by atoms with E-state index >= 15 is 0 Å². The molecule has 3 N–H and O–H groups in total. The normalized spacial score (nSPS) is 12.2. The van der Waals surface area contributed by atoms with Gasteiger partial charge in [0, 0.05) is 11.6 Å². The van der Waals surface area contributed by atoms with Crippen molar-refractivity contribution >= 4 is 17.6 Å². The van der Waals surface area contributed by atoms with Crippen molar-refractivity contribution in [2.45, 2.75) is 6.42 Å². The molecule has 0 radical (unpaired) electrons. The topological polar surface area (TPSA) is 72.5 Å². The van der Waals surface area contributed by atoms with E-state index in [9.17, 15) is 4.79 Å². The van der Waals surface area contributed by atoms with Crippen molar-refractivity contribution in [1.82, 2.24) is 0 Å². The van der Waals surface area contributed by atoms with Gasteiger partial charge in [-0.05, 0) is 30.2 Å². The number of hydrogen-bond donors (Lipinski definition) is 2. The molecule has 4 nitrogen and oxygen atoms in total. The molecule has 0 aliphatic rings. The molecule has 16 heavy (non-hydrogen) atoms. The van der Waals surface area contributed by atoms with Gasteiger partial charge in [-0.25, -0.2) is 0 Å². The summed E-state index contributed by atoms with van der Waals surface area (Å²) in [5.74, 6) is -0.902. The van der Waals surface area contributed by atoms with Crippen LogP contribution in [0.3, 0.4) is 0 Å². The first-order chi connectivity index (χ1) is 7.58. The van der Waals surface area contributed by atoms with Gasteiger partial charge in [0.25, 0.3) is 0 Å². The number of ether oxygens (including phenoxy) is 1. The lowest BCUT2D eigenvalue weighted by Crippen LogP contribution is -2.25. The molecule has 1 rings (SSSR count). The van der Waals surface area contributed by atoms with E-state index in [1.54, 1.807) is 18.2 Å². The average Bonchev–Trinajstić information content (AvgIpc) is 2.25. The van der Waals surface area contributed by atoms with Crippen molar-refractivity contribution in [2.24, 2.45) is 11.7 Å². The summed E-state index contributed by atoms with van der Waals surface area (Å²) in [4.78, 5) is 10.9. The second-order valence-electron chi connectivity index (χ2n) is 3.43. The van der Waals surface area contributed by atoms with Crippen LogP contribution in [0.5, 0.6) is 5.75 Å². The van der Waals surface area contributed by atoms with E-state index in [4.69, 9.17) is 27.2 Å². The maximum Gasteiger partial charge on any atom is 0.308 e. The fourth-order valence-corrected chi connectivity index (χ4v) is 1.64. The van der Waals surface area contributed by atoms with Crippen LogP contribution in [0.2, 0.25) is 5.02 Å². The van der Waals surface area contributed by atoms with Crippen molar-refractivity contribution in [3.63, 3.8) is 0 Å². The molecule has 88 valence electrons. The number of halogens is 1. The molecule has 0 saturated heterocycles. The zero-order valence-corrected chi connectivity index (χ0v) is 9.70. The van der Waals surface area contributed by atoms with Crippen LogP contribution in [-0.2, 0) is 11.2 Å². The number of carbonyl (C=O) groups is 1. The third kappa shape index (κ3) is 3.12. The molecule has 1 atom stereocenters. The van der Waals surface area contributed by atoms with E-state index in [0.717, 1.165) is 5.56 Å². The summed E-state index contributed by atoms with van der Waals surface area (Å²) in [5, 5.41) is 9.47.